The summed E-state index contributed by atoms with van der Waals surface area (Å²) in [6.07, 6.45) is 0.342. The van der Waals surface area contributed by atoms with Crippen molar-refractivity contribution >= 4 is 7.60 Å². The number of quaternary nitrogens is 1. The molecule has 5 heteroatoms. The van der Waals surface area contributed by atoms with Gasteiger partial charge in [0.25, 0.3) is 0 Å². The van der Waals surface area contributed by atoms with Gasteiger partial charge in [-0.15, -0.1) is 0 Å². The van der Waals surface area contributed by atoms with E-state index >= 15 is 0 Å². The predicted molar refractivity (Wildman–Crippen MR) is 126 cm³/mol. The standard InChI is InChI=1S/C26H33NO3P/c1-3-27(4-2,20-24-14-8-5-9-15-24)23-31(28,29-21-25-16-10-6-11-17-25)30-22-26-18-12-7-13-19-26/h5-19H,3-4,20-23H2,1-2H3/q+1. The first-order chi connectivity index (χ1) is 15.1. The molecule has 164 valence electrons. The van der Waals surface area contributed by atoms with E-state index in [0.717, 1.165) is 30.8 Å². The molecule has 0 radical (unpaired) electrons. The van der Waals surface area contributed by atoms with E-state index in [2.05, 4.69) is 26.0 Å². The molecular weight excluding hydrogens is 405 g/mol. The Labute approximate surface area is 186 Å². The van der Waals surface area contributed by atoms with Crippen LogP contribution in [0.3, 0.4) is 0 Å². The monoisotopic (exact) mass is 438 g/mol. The molecule has 0 aliphatic heterocycles. The SMILES string of the molecule is CC[N+](CC)(Cc1ccccc1)CP(=O)(OCc1ccccc1)OCc1ccccc1. The van der Waals surface area contributed by atoms with Crippen LogP contribution in [-0.4, -0.2) is 23.9 Å². The topological polar surface area (TPSA) is 35.5 Å². The first kappa shape index (κ1) is 23.4. The summed E-state index contributed by atoms with van der Waals surface area (Å²) in [5.41, 5.74) is 3.20. The first-order valence-corrected chi connectivity index (χ1v) is 12.6. The first-order valence-electron chi connectivity index (χ1n) is 10.9. The maximum Gasteiger partial charge on any atom is 0.385 e. The summed E-state index contributed by atoms with van der Waals surface area (Å²) >= 11 is 0. The van der Waals surface area contributed by atoms with Crippen LogP contribution in [0.4, 0.5) is 0 Å². The number of nitrogens with zero attached hydrogens (tertiary/aromatic N) is 1. The highest BCUT2D eigenvalue weighted by Crippen LogP contribution is 2.52. The molecule has 0 fully saturated rings. The van der Waals surface area contributed by atoms with Gasteiger partial charge >= 0.3 is 7.60 Å². The summed E-state index contributed by atoms with van der Waals surface area (Å²) in [7, 11) is -3.37. The zero-order valence-electron chi connectivity index (χ0n) is 18.5. The molecule has 3 aromatic rings. The molecule has 31 heavy (non-hydrogen) atoms. The highest BCUT2D eigenvalue weighted by molar-refractivity contribution is 7.53. The van der Waals surface area contributed by atoms with Crippen LogP contribution in [0.25, 0.3) is 0 Å². The van der Waals surface area contributed by atoms with Gasteiger partial charge in [-0.3, -0.25) is 13.6 Å². The lowest BCUT2D eigenvalue weighted by Gasteiger charge is -2.38. The third-order valence-corrected chi connectivity index (χ3v) is 7.71. The number of benzene rings is 3. The summed E-state index contributed by atoms with van der Waals surface area (Å²) in [5, 5.41) is 0. The Hall–Kier alpha value is -2.23. The molecule has 0 amide bonds. The van der Waals surface area contributed by atoms with Crippen molar-refractivity contribution in [2.75, 3.05) is 19.4 Å². The molecule has 0 saturated heterocycles. The number of hydrogen-bond acceptors (Lipinski definition) is 3. The van der Waals surface area contributed by atoms with E-state index in [-0.39, 0.29) is 13.2 Å². The molecule has 0 atom stereocenters. The molecular formula is C26H33NO3P+. The third kappa shape index (κ3) is 7.15. The molecule has 0 N–H and O–H groups in total. The summed E-state index contributed by atoms with van der Waals surface area (Å²) in [5.74, 6) is 0. The van der Waals surface area contributed by atoms with Gasteiger partial charge in [0, 0.05) is 5.56 Å². The van der Waals surface area contributed by atoms with E-state index < -0.39 is 7.60 Å². The highest BCUT2D eigenvalue weighted by atomic mass is 31.2. The van der Waals surface area contributed by atoms with Crippen LogP contribution in [0, 0.1) is 0 Å². The lowest BCUT2D eigenvalue weighted by Crippen LogP contribution is -2.47. The second kappa shape index (κ2) is 11.4. The lowest BCUT2D eigenvalue weighted by atomic mass is 10.2. The molecule has 0 bridgehead atoms. The average molecular weight is 439 g/mol. The normalized spacial score (nSPS) is 12.1. The van der Waals surface area contributed by atoms with Gasteiger partial charge in [0.05, 0.1) is 26.3 Å². The third-order valence-electron chi connectivity index (χ3n) is 5.72. The molecule has 0 unspecified atom stereocenters. The van der Waals surface area contributed by atoms with Gasteiger partial charge in [-0.1, -0.05) is 91.0 Å². The fourth-order valence-electron chi connectivity index (χ4n) is 3.65. The molecule has 0 saturated carbocycles. The smallest absolute Gasteiger partial charge is 0.310 e. The molecule has 4 nitrogen and oxygen atoms in total. The predicted octanol–water partition coefficient (Wildman–Crippen LogP) is 6.63. The summed E-state index contributed by atoms with van der Waals surface area (Å²) in [6.45, 7) is 7.31. The largest absolute Gasteiger partial charge is 0.385 e. The fraction of sp³-hybridized carbons (Fsp3) is 0.308. The quantitative estimate of drug-likeness (QED) is 0.235. The molecule has 0 heterocycles. The van der Waals surface area contributed by atoms with E-state index in [1.54, 1.807) is 0 Å². The van der Waals surface area contributed by atoms with E-state index in [1.165, 1.54) is 5.56 Å². The van der Waals surface area contributed by atoms with Crippen LogP contribution in [0.5, 0.6) is 0 Å². The Morgan fingerprint density at radius 2 is 1.03 bits per heavy atom. The molecule has 0 aliphatic carbocycles. The molecule has 0 aliphatic rings. The van der Waals surface area contributed by atoms with Gasteiger partial charge in [-0.2, -0.15) is 0 Å². The van der Waals surface area contributed by atoms with Crippen LogP contribution >= 0.6 is 7.60 Å². The lowest BCUT2D eigenvalue weighted by molar-refractivity contribution is -0.928. The van der Waals surface area contributed by atoms with Crippen molar-refractivity contribution in [3.8, 4) is 0 Å². The molecule has 3 aromatic carbocycles. The Balaban J connectivity index is 1.80. The molecule has 3 rings (SSSR count). The fourth-order valence-corrected chi connectivity index (χ4v) is 5.81. The Morgan fingerprint density at radius 1 is 0.645 bits per heavy atom. The molecule has 0 spiro atoms. The van der Waals surface area contributed by atoms with Gasteiger partial charge in [0.1, 0.15) is 6.54 Å². The van der Waals surface area contributed by atoms with Crippen LogP contribution in [0.2, 0.25) is 0 Å². The minimum absolute atomic E-state index is 0.270. The number of rotatable bonds is 12. The zero-order valence-corrected chi connectivity index (χ0v) is 19.4. The van der Waals surface area contributed by atoms with Crippen molar-refractivity contribution in [3.63, 3.8) is 0 Å². The average Bonchev–Trinajstić information content (AvgIpc) is 2.83. The second-order valence-corrected chi connectivity index (χ2v) is 9.91. The van der Waals surface area contributed by atoms with Gasteiger partial charge in [0.2, 0.25) is 0 Å². The minimum Gasteiger partial charge on any atom is -0.310 e. The Kier molecular flexibility index (Phi) is 8.62. The highest BCUT2D eigenvalue weighted by Gasteiger charge is 2.38. The molecule has 0 aromatic heterocycles. The van der Waals surface area contributed by atoms with Crippen molar-refractivity contribution in [1.29, 1.82) is 0 Å². The maximum absolute atomic E-state index is 14.0. The van der Waals surface area contributed by atoms with Crippen LogP contribution in [0.15, 0.2) is 91.0 Å². The summed E-state index contributed by atoms with van der Waals surface area (Å²) < 4.78 is 26.8. The van der Waals surface area contributed by atoms with Gasteiger partial charge in [-0.25, -0.2) is 0 Å². The van der Waals surface area contributed by atoms with Crippen LogP contribution in [-0.2, 0) is 33.4 Å². The summed E-state index contributed by atoms with van der Waals surface area (Å²) in [4.78, 5) is 0. The van der Waals surface area contributed by atoms with E-state index in [1.807, 2.05) is 78.9 Å². The van der Waals surface area contributed by atoms with Crippen molar-refractivity contribution in [2.24, 2.45) is 0 Å². The van der Waals surface area contributed by atoms with Gasteiger partial charge in [-0.05, 0) is 25.0 Å². The van der Waals surface area contributed by atoms with E-state index in [9.17, 15) is 4.57 Å². The van der Waals surface area contributed by atoms with Crippen molar-refractivity contribution in [1.82, 2.24) is 0 Å². The van der Waals surface area contributed by atoms with Crippen molar-refractivity contribution < 1.29 is 18.1 Å². The Bertz CT molecular complexity index is 897. The van der Waals surface area contributed by atoms with E-state index in [4.69, 9.17) is 9.05 Å². The van der Waals surface area contributed by atoms with Crippen molar-refractivity contribution in [3.05, 3.63) is 108 Å². The summed E-state index contributed by atoms with van der Waals surface area (Å²) in [6, 6.07) is 30.1. The van der Waals surface area contributed by atoms with Crippen LogP contribution < -0.4 is 0 Å². The van der Waals surface area contributed by atoms with Crippen LogP contribution in [0.1, 0.15) is 30.5 Å². The number of hydrogen-bond donors (Lipinski definition) is 0. The second-order valence-electron chi connectivity index (χ2n) is 7.89. The maximum atomic E-state index is 14.0. The zero-order chi connectivity index (χ0) is 22.0. The van der Waals surface area contributed by atoms with Gasteiger partial charge in [0.15, 0.2) is 6.29 Å². The van der Waals surface area contributed by atoms with Crippen molar-refractivity contribution in [2.45, 2.75) is 33.6 Å². The van der Waals surface area contributed by atoms with E-state index in [0.29, 0.717) is 10.8 Å². The minimum atomic E-state index is -3.37. The van der Waals surface area contributed by atoms with Gasteiger partial charge < -0.3 is 4.48 Å². The Morgan fingerprint density at radius 3 is 1.42 bits per heavy atom.